The van der Waals surface area contributed by atoms with Gasteiger partial charge in [0.05, 0.1) is 11.8 Å². The lowest BCUT2D eigenvalue weighted by Crippen LogP contribution is -2.32. The topological polar surface area (TPSA) is 87.8 Å². The highest BCUT2D eigenvalue weighted by Gasteiger charge is 2.28. The van der Waals surface area contributed by atoms with Gasteiger partial charge in [-0.2, -0.15) is 10.4 Å². The van der Waals surface area contributed by atoms with E-state index in [2.05, 4.69) is 26.3 Å². The molecule has 0 spiro atoms. The van der Waals surface area contributed by atoms with Crippen molar-refractivity contribution in [2.75, 3.05) is 7.05 Å². The van der Waals surface area contributed by atoms with Crippen LogP contribution in [0.25, 0.3) is 5.69 Å². The third kappa shape index (κ3) is 3.17. The summed E-state index contributed by atoms with van der Waals surface area (Å²) in [5.74, 6) is -2.65. The number of carbonyl (C=O) groups excluding carboxylic acids is 2. The average molecular weight is 347 g/mol. The van der Waals surface area contributed by atoms with Gasteiger partial charge in [0.25, 0.3) is 0 Å². The molecule has 2 aromatic rings. The maximum absolute atomic E-state index is 12.1. The summed E-state index contributed by atoms with van der Waals surface area (Å²) in [6, 6.07) is 10.5. The predicted molar refractivity (Wildman–Crippen MR) is 78.8 cm³/mol. The predicted octanol–water partition coefficient (Wildman–Crippen LogP) is 1.70. The number of benzene rings is 1. The van der Waals surface area contributed by atoms with Gasteiger partial charge in [-0.15, -0.1) is 0 Å². The molecule has 1 aromatic carbocycles. The molecule has 1 atom stereocenters. The van der Waals surface area contributed by atoms with Crippen molar-refractivity contribution in [1.82, 2.24) is 15.1 Å². The average Bonchev–Trinajstić information content (AvgIpc) is 2.97. The Morgan fingerprint density at radius 2 is 2.19 bits per heavy atom. The van der Waals surface area contributed by atoms with Crippen LogP contribution in [0, 0.1) is 17.2 Å². The van der Waals surface area contributed by atoms with Crippen molar-refractivity contribution in [3.8, 4) is 11.8 Å². The Bertz CT molecular complexity index is 733. The maximum Gasteiger partial charge on any atom is 0.245 e. The number of nitriles is 1. The molecule has 0 aliphatic rings. The Balaban J connectivity index is 2.30. The minimum atomic E-state index is -1.39. The molecule has 1 N–H and O–H groups in total. The van der Waals surface area contributed by atoms with Crippen LogP contribution in [0.3, 0.4) is 0 Å². The van der Waals surface area contributed by atoms with Crippen molar-refractivity contribution >= 4 is 27.6 Å². The first-order valence-electron chi connectivity index (χ1n) is 6.04. The Labute approximate surface area is 129 Å². The Hall–Kier alpha value is -2.46. The Morgan fingerprint density at radius 3 is 2.81 bits per heavy atom. The van der Waals surface area contributed by atoms with Crippen molar-refractivity contribution < 1.29 is 9.59 Å². The van der Waals surface area contributed by atoms with E-state index in [4.69, 9.17) is 5.26 Å². The molecule has 0 fully saturated rings. The van der Waals surface area contributed by atoms with Crippen molar-refractivity contribution in [3.63, 3.8) is 0 Å². The third-order valence-electron chi connectivity index (χ3n) is 2.81. The largest absolute Gasteiger partial charge is 0.358 e. The minimum Gasteiger partial charge on any atom is -0.358 e. The number of hydrogen-bond acceptors (Lipinski definition) is 4. The maximum atomic E-state index is 12.1. The summed E-state index contributed by atoms with van der Waals surface area (Å²) in [6.07, 6.45) is 1.60. The smallest absolute Gasteiger partial charge is 0.245 e. The molecule has 6 nitrogen and oxygen atoms in total. The first-order valence-corrected chi connectivity index (χ1v) is 6.83. The van der Waals surface area contributed by atoms with Gasteiger partial charge in [-0.05, 0) is 24.3 Å². The number of halogens is 1. The van der Waals surface area contributed by atoms with Gasteiger partial charge in [-0.25, -0.2) is 4.68 Å². The minimum absolute atomic E-state index is 0.0742. The number of nitrogens with zero attached hydrogens (tertiary/aromatic N) is 3. The third-order valence-corrected chi connectivity index (χ3v) is 3.31. The zero-order valence-electron chi connectivity index (χ0n) is 11.1. The molecule has 2 rings (SSSR count). The zero-order chi connectivity index (χ0) is 15.4. The second-order valence-electron chi connectivity index (χ2n) is 4.17. The van der Waals surface area contributed by atoms with E-state index in [1.54, 1.807) is 12.3 Å². The molecule has 0 saturated heterocycles. The molecule has 1 aromatic heterocycles. The number of ketones is 1. The van der Waals surface area contributed by atoms with Crippen molar-refractivity contribution in [2.45, 2.75) is 0 Å². The highest BCUT2D eigenvalue weighted by atomic mass is 79.9. The normalized spacial score (nSPS) is 11.5. The molecule has 0 saturated carbocycles. The molecular formula is C14H11BrN4O2. The van der Waals surface area contributed by atoms with Gasteiger partial charge in [0.2, 0.25) is 11.7 Å². The first-order chi connectivity index (χ1) is 10.1. The van der Waals surface area contributed by atoms with E-state index in [0.717, 1.165) is 10.2 Å². The Morgan fingerprint density at radius 1 is 1.43 bits per heavy atom. The summed E-state index contributed by atoms with van der Waals surface area (Å²) in [5, 5.41) is 15.4. The monoisotopic (exact) mass is 346 g/mol. The van der Waals surface area contributed by atoms with Crippen LogP contribution in [0.5, 0.6) is 0 Å². The van der Waals surface area contributed by atoms with Gasteiger partial charge in [0, 0.05) is 17.7 Å². The van der Waals surface area contributed by atoms with E-state index >= 15 is 0 Å². The van der Waals surface area contributed by atoms with E-state index in [-0.39, 0.29) is 5.69 Å². The standard InChI is InChI=1S/C14H11BrN4O2/c1-17-14(21)11(8-16)13(20)12-5-6-19(18-12)10-4-2-3-9(15)7-10/h2-7,11H,1H3,(H,17,21)/t11-/m1/s1. The fourth-order valence-electron chi connectivity index (χ4n) is 1.75. The number of carbonyl (C=O) groups is 2. The van der Waals surface area contributed by atoms with E-state index in [1.165, 1.54) is 17.8 Å². The second kappa shape index (κ2) is 6.33. The van der Waals surface area contributed by atoms with Crippen LogP contribution >= 0.6 is 15.9 Å². The van der Waals surface area contributed by atoms with E-state index in [9.17, 15) is 9.59 Å². The molecule has 21 heavy (non-hydrogen) atoms. The Kier molecular flexibility index (Phi) is 4.50. The second-order valence-corrected chi connectivity index (χ2v) is 5.08. The summed E-state index contributed by atoms with van der Waals surface area (Å²) in [5.41, 5.74) is 0.835. The lowest BCUT2D eigenvalue weighted by atomic mass is 10.0. The first kappa shape index (κ1) is 14.9. The zero-order valence-corrected chi connectivity index (χ0v) is 12.7. The van der Waals surface area contributed by atoms with Crippen LogP contribution in [0.2, 0.25) is 0 Å². The molecule has 1 heterocycles. The van der Waals surface area contributed by atoms with Crippen LogP contribution in [-0.4, -0.2) is 28.5 Å². The highest BCUT2D eigenvalue weighted by molar-refractivity contribution is 9.10. The summed E-state index contributed by atoms with van der Waals surface area (Å²) < 4.78 is 2.39. The summed E-state index contributed by atoms with van der Waals surface area (Å²) in [7, 11) is 1.38. The quantitative estimate of drug-likeness (QED) is 0.674. The van der Waals surface area contributed by atoms with Gasteiger partial charge in [-0.1, -0.05) is 22.0 Å². The lowest BCUT2D eigenvalue weighted by Gasteiger charge is -2.04. The summed E-state index contributed by atoms with van der Waals surface area (Å²) in [4.78, 5) is 23.6. The summed E-state index contributed by atoms with van der Waals surface area (Å²) in [6.45, 7) is 0. The van der Waals surface area contributed by atoms with Crippen LogP contribution in [0.4, 0.5) is 0 Å². The molecule has 0 aliphatic carbocycles. The van der Waals surface area contributed by atoms with Crippen LogP contribution < -0.4 is 5.32 Å². The molecule has 7 heteroatoms. The van der Waals surface area contributed by atoms with E-state index in [1.807, 2.05) is 24.3 Å². The van der Waals surface area contributed by atoms with Gasteiger partial charge in [0.15, 0.2) is 5.92 Å². The molecule has 0 radical (unpaired) electrons. The van der Waals surface area contributed by atoms with Crippen molar-refractivity contribution in [2.24, 2.45) is 5.92 Å². The number of rotatable bonds is 4. The molecule has 1 amide bonds. The summed E-state index contributed by atoms with van der Waals surface area (Å²) >= 11 is 3.35. The molecule has 0 aliphatic heterocycles. The molecule has 0 unspecified atom stereocenters. The van der Waals surface area contributed by atoms with E-state index < -0.39 is 17.6 Å². The van der Waals surface area contributed by atoms with Crippen molar-refractivity contribution in [3.05, 3.63) is 46.7 Å². The van der Waals surface area contributed by atoms with Gasteiger partial charge < -0.3 is 5.32 Å². The number of hydrogen-bond donors (Lipinski definition) is 1. The number of aromatic nitrogens is 2. The molecule has 106 valence electrons. The fraction of sp³-hybridized carbons (Fsp3) is 0.143. The molecule has 0 bridgehead atoms. The fourth-order valence-corrected chi connectivity index (χ4v) is 2.13. The van der Waals surface area contributed by atoms with Crippen LogP contribution in [-0.2, 0) is 4.79 Å². The highest BCUT2D eigenvalue weighted by Crippen LogP contribution is 2.16. The SMILES string of the molecule is CNC(=O)[C@H](C#N)C(=O)c1ccn(-c2cccc(Br)c2)n1. The van der Waals surface area contributed by atoms with E-state index in [0.29, 0.717) is 0 Å². The van der Waals surface area contributed by atoms with Gasteiger partial charge in [0.1, 0.15) is 5.69 Å². The number of nitrogens with one attached hydrogen (secondary N) is 1. The van der Waals surface area contributed by atoms with Gasteiger partial charge >= 0.3 is 0 Å². The number of amides is 1. The molecular weight excluding hydrogens is 336 g/mol. The number of Topliss-reactive ketones (excluding diaryl/α,β-unsaturated/α-hetero) is 1. The van der Waals surface area contributed by atoms with Crippen molar-refractivity contribution in [1.29, 1.82) is 5.26 Å². The van der Waals surface area contributed by atoms with Crippen LogP contribution in [0.15, 0.2) is 41.0 Å². The lowest BCUT2D eigenvalue weighted by molar-refractivity contribution is -0.121. The van der Waals surface area contributed by atoms with Gasteiger partial charge in [-0.3, -0.25) is 9.59 Å². The van der Waals surface area contributed by atoms with Crippen LogP contribution in [0.1, 0.15) is 10.5 Å².